The van der Waals surface area contributed by atoms with Gasteiger partial charge in [0.15, 0.2) is 0 Å². The van der Waals surface area contributed by atoms with E-state index in [1.165, 1.54) is 7.11 Å². The molecule has 0 N–H and O–H groups in total. The average molecular weight is 227 g/mol. The lowest BCUT2D eigenvalue weighted by atomic mass is 10.1. The Morgan fingerprint density at radius 2 is 2.33 bits per heavy atom. The molecular weight excluding hydrogens is 210 g/mol. The number of carbonyl (C=O) groups is 1. The second kappa shape index (κ2) is 6.02. The Hall–Kier alpha value is -0.690. The lowest BCUT2D eigenvalue weighted by Crippen LogP contribution is -2.13. The molecule has 0 aliphatic heterocycles. The van der Waals surface area contributed by atoms with Gasteiger partial charge in [-0.2, -0.15) is 17.0 Å². The third-order valence-corrected chi connectivity index (χ3v) is 4.08. The Kier molecular flexibility index (Phi) is 4.97. The van der Waals surface area contributed by atoms with Crippen LogP contribution in [0.3, 0.4) is 0 Å². The summed E-state index contributed by atoms with van der Waals surface area (Å²) in [6.45, 7) is 0. The van der Waals surface area contributed by atoms with Crippen molar-refractivity contribution >= 4 is 17.7 Å². The number of nitriles is 1. The van der Waals surface area contributed by atoms with Gasteiger partial charge in [0.1, 0.15) is 0 Å². The molecule has 0 aromatic carbocycles. The number of rotatable bonds is 7. The van der Waals surface area contributed by atoms with Crippen molar-refractivity contribution in [1.29, 1.82) is 5.26 Å². The van der Waals surface area contributed by atoms with Crippen molar-refractivity contribution in [3.05, 3.63) is 0 Å². The van der Waals surface area contributed by atoms with Crippen LogP contribution in [0.25, 0.3) is 0 Å². The number of methoxy groups -OCH3 is 1. The van der Waals surface area contributed by atoms with E-state index in [1.807, 2.05) is 11.8 Å². The van der Waals surface area contributed by atoms with Crippen molar-refractivity contribution in [3.8, 4) is 6.07 Å². The molecule has 15 heavy (non-hydrogen) atoms. The SMILES string of the molecule is COC(=O)CC1(CSCCCC#N)CC1. The minimum Gasteiger partial charge on any atom is -0.469 e. The predicted octanol–water partition coefficient (Wildman–Crippen LogP) is 2.37. The van der Waals surface area contributed by atoms with E-state index in [4.69, 9.17) is 5.26 Å². The largest absolute Gasteiger partial charge is 0.469 e. The maximum Gasteiger partial charge on any atom is 0.306 e. The minimum absolute atomic E-state index is 0.0925. The van der Waals surface area contributed by atoms with Crippen LogP contribution in [0.5, 0.6) is 0 Å². The zero-order valence-electron chi connectivity index (χ0n) is 9.12. The van der Waals surface area contributed by atoms with E-state index >= 15 is 0 Å². The van der Waals surface area contributed by atoms with Gasteiger partial charge in [-0.25, -0.2) is 0 Å². The second-order valence-electron chi connectivity index (χ2n) is 4.07. The van der Waals surface area contributed by atoms with Crippen LogP contribution >= 0.6 is 11.8 Å². The maximum absolute atomic E-state index is 11.1. The third-order valence-electron chi connectivity index (χ3n) is 2.69. The molecule has 0 spiro atoms. The van der Waals surface area contributed by atoms with Gasteiger partial charge in [-0.3, -0.25) is 4.79 Å². The highest BCUT2D eigenvalue weighted by atomic mass is 32.2. The van der Waals surface area contributed by atoms with Gasteiger partial charge in [0.25, 0.3) is 0 Å². The molecule has 1 aliphatic carbocycles. The summed E-state index contributed by atoms with van der Waals surface area (Å²) < 4.78 is 4.68. The molecule has 0 unspecified atom stereocenters. The van der Waals surface area contributed by atoms with Gasteiger partial charge in [0.05, 0.1) is 19.6 Å². The topological polar surface area (TPSA) is 50.1 Å². The molecular formula is C11H17NO2S. The van der Waals surface area contributed by atoms with Crippen LogP contribution in [-0.2, 0) is 9.53 Å². The molecule has 4 heteroatoms. The molecule has 0 aromatic rings. The summed E-state index contributed by atoms with van der Waals surface area (Å²) >= 11 is 1.86. The first-order valence-corrected chi connectivity index (χ1v) is 6.39. The van der Waals surface area contributed by atoms with Crippen LogP contribution in [-0.4, -0.2) is 24.6 Å². The molecule has 1 saturated carbocycles. The molecule has 1 fully saturated rings. The quantitative estimate of drug-likeness (QED) is 0.495. The molecule has 84 valence electrons. The zero-order valence-corrected chi connectivity index (χ0v) is 9.94. The van der Waals surface area contributed by atoms with Crippen molar-refractivity contribution in [2.24, 2.45) is 5.41 Å². The highest BCUT2D eigenvalue weighted by molar-refractivity contribution is 7.99. The number of hydrogen-bond donors (Lipinski definition) is 0. The van der Waals surface area contributed by atoms with Gasteiger partial charge in [0, 0.05) is 6.42 Å². The number of thioether (sulfide) groups is 1. The van der Waals surface area contributed by atoms with Gasteiger partial charge < -0.3 is 4.74 Å². The fourth-order valence-corrected chi connectivity index (χ4v) is 2.79. The zero-order chi connectivity index (χ0) is 11.1. The van der Waals surface area contributed by atoms with E-state index in [-0.39, 0.29) is 11.4 Å². The fourth-order valence-electron chi connectivity index (χ4n) is 1.47. The highest BCUT2D eigenvalue weighted by Crippen LogP contribution is 2.51. The number of esters is 1. The summed E-state index contributed by atoms with van der Waals surface area (Å²) in [5.41, 5.74) is 0.227. The normalized spacial score (nSPS) is 16.8. The third kappa shape index (κ3) is 4.57. The van der Waals surface area contributed by atoms with Crippen LogP contribution in [0.2, 0.25) is 0 Å². The van der Waals surface area contributed by atoms with Crippen molar-refractivity contribution in [2.45, 2.75) is 32.1 Å². The van der Waals surface area contributed by atoms with Crippen molar-refractivity contribution in [1.82, 2.24) is 0 Å². The second-order valence-corrected chi connectivity index (χ2v) is 5.17. The van der Waals surface area contributed by atoms with Crippen molar-refractivity contribution in [2.75, 3.05) is 18.6 Å². The summed E-state index contributed by atoms with van der Waals surface area (Å²) in [5.74, 6) is 1.97. The number of hydrogen-bond acceptors (Lipinski definition) is 4. The van der Waals surface area contributed by atoms with Gasteiger partial charge in [0.2, 0.25) is 0 Å². The molecule has 1 aliphatic rings. The van der Waals surface area contributed by atoms with Gasteiger partial charge >= 0.3 is 5.97 Å². The number of unbranched alkanes of at least 4 members (excludes halogenated alkanes) is 1. The monoisotopic (exact) mass is 227 g/mol. The minimum atomic E-state index is -0.0925. The standard InChI is InChI=1S/C11H17NO2S/c1-14-10(13)8-11(4-5-11)9-15-7-3-2-6-12/h2-5,7-9H2,1H3. The first kappa shape index (κ1) is 12.4. The smallest absolute Gasteiger partial charge is 0.306 e. The summed E-state index contributed by atoms with van der Waals surface area (Å²) in [5, 5.41) is 8.37. The van der Waals surface area contributed by atoms with Crippen molar-refractivity contribution < 1.29 is 9.53 Å². The summed E-state index contributed by atoms with van der Waals surface area (Å²) in [4.78, 5) is 11.1. The van der Waals surface area contributed by atoms with Crippen LogP contribution < -0.4 is 0 Å². The summed E-state index contributed by atoms with van der Waals surface area (Å²) in [6, 6.07) is 2.13. The van der Waals surface area contributed by atoms with E-state index in [0.717, 1.165) is 30.8 Å². The van der Waals surface area contributed by atoms with Crippen LogP contribution in [0.1, 0.15) is 32.1 Å². The molecule has 1 rings (SSSR count). The number of ether oxygens (including phenoxy) is 1. The molecule has 0 radical (unpaired) electrons. The first-order valence-electron chi connectivity index (χ1n) is 5.24. The maximum atomic E-state index is 11.1. The molecule has 0 heterocycles. The number of carbonyl (C=O) groups excluding carboxylic acids is 1. The van der Waals surface area contributed by atoms with Crippen molar-refractivity contribution in [3.63, 3.8) is 0 Å². The van der Waals surface area contributed by atoms with Crippen LogP contribution in [0.15, 0.2) is 0 Å². The lowest BCUT2D eigenvalue weighted by Gasteiger charge is -2.12. The number of nitrogens with zero attached hydrogens (tertiary/aromatic N) is 1. The Morgan fingerprint density at radius 3 is 2.87 bits per heavy atom. The van der Waals surface area contributed by atoms with E-state index in [2.05, 4.69) is 10.8 Å². The molecule has 0 atom stereocenters. The van der Waals surface area contributed by atoms with E-state index in [0.29, 0.717) is 12.8 Å². The van der Waals surface area contributed by atoms with E-state index in [9.17, 15) is 4.79 Å². The van der Waals surface area contributed by atoms with E-state index < -0.39 is 0 Å². The lowest BCUT2D eigenvalue weighted by molar-refractivity contribution is -0.141. The molecule has 0 bridgehead atoms. The highest BCUT2D eigenvalue weighted by Gasteiger charge is 2.44. The van der Waals surface area contributed by atoms with Gasteiger partial charge in [-0.15, -0.1) is 0 Å². The molecule has 0 saturated heterocycles. The van der Waals surface area contributed by atoms with Gasteiger partial charge in [-0.1, -0.05) is 0 Å². The molecule has 3 nitrogen and oxygen atoms in total. The average Bonchev–Trinajstić information content (AvgIpc) is 2.98. The Morgan fingerprint density at radius 1 is 1.60 bits per heavy atom. The Labute approximate surface area is 95.2 Å². The fraction of sp³-hybridized carbons (Fsp3) is 0.818. The Balaban J connectivity index is 2.10. The first-order chi connectivity index (χ1) is 7.22. The molecule has 0 aromatic heterocycles. The van der Waals surface area contributed by atoms with Crippen LogP contribution in [0, 0.1) is 16.7 Å². The predicted molar refractivity (Wildman–Crippen MR) is 60.5 cm³/mol. The Bertz CT molecular complexity index is 256. The van der Waals surface area contributed by atoms with Gasteiger partial charge in [-0.05, 0) is 36.2 Å². The van der Waals surface area contributed by atoms with Crippen LogP contribution in [0.4, 0.5) is 0 Å². The molecule has 0 amide bonds. The summed E-state index contributed by atoms with van der Waals surface area (Å²) in [6.07, 6.45) is 4.45. The summed E-state index contributed by atoms with van der Waals surface area (Å²) in [7, 11) is 1.44. The van der Waals surface area contributed by atoms with E-state index in [1.54, 1.807) is 0 Å².